The molecule has 0 aliphatic heterocycles. The summed E-state index contributed by atoms with van der Waals surface area (Å²) in [5.74, 6) is 0.505. The monoisotopic (exact) mass is 312 g/mol. The lowest BCUT2D eigenvalue weighted by molar-refractivity contribution is 0.789. The van der Waals surface area contributed by atoms with Gasteiger partial charge in [-0.25, -0.2) is 0 Å². The second-order valence-electron chi connectivity index (χ2n) is 4.24. The van der Waals surface area contributed by atoms with Crippen LogP contribution in [0.15, 0.2) is 22.7 Å². The van der Waals surface area contributed by atoms with Crippen molar-refractivity contribution in [3.63, 3.8) is 0 Å². The fourth-order valence-corrected chi connectivity index (χ4v) is 2.62. The van der Waals surface area contributed by atoms with Gasteiger partial charge in [-0.05, 0) is 36.6 Å². The van der Waals surface area contributed by atoms with Crippen LogP contribution in [0.5, 0.6) is 0 Å². The van der Waals surface area contributed by atoms with Crippen molar-refractivity contribution in [2.75, 3.05) is 11.4 Å². The molecule has 0 unspecified atom stereocenters. The Kier molecular flexibility index (Phi) is 4.31. The maximum atomic E-state index is 8.72. The van der Waals surface area contributed by atoms with Crippen molar-refractivity contribution in [3.05, 3.63) is 28.2 Å². The number of alkyl halides is 1. The molecule has 0 N–H and O–H groups in total. The lowest BCUT2D eigenvalue weighted by atomic mass is 10.1. The molecule has 0 atom stereocenters. The Hall–Kier alpha value is -0.720. The van der Waals surface area contributed by atoms with E-state index in [9.17, 15) is 0 Å². The van der Waals surface area contributed by atoms with Gasteiger partial charge in [0.05, 0.1) is 12.5 Å². The molecule has 2 nitrogen and oxygen atoms in total. The van der Waals surface area contributed by atoms with Gasteiger partial charge in [0.1, 0.15) is 0 Å². The lowest BCUT2D eigenvalue weighted by Gasteiger charge is -2.26. The summed E-state index contributed by atoms with van der Waals surface area (Å²) in [7, 11) is 0. The molecular formula is C13H14BrClN2. The Balaban J connectivity index is 2.25. The normalized spacial score (nSPS) is 14.4. The van der Waals surface area contributed by atoms with Crippen molar-refractivity contribution in [2.24, 2.45) is 0 Å². The molecule has 1 saturated carbocycles. The molecule has 0 aromatic heterocycles. The van der Waals surface area contributed by atoms with Gasteiger partial charge < -0.3 is 4.90 Å². The molecule has 1 aliphatic carbocycles. The predicted octanol–water partition coefficient (Wildman–Crippen LogP) is 4.07. The Morgan fingerprint density at radius 1 is 1.47 bits per heavy atom. The van der Waals surface area contributed by atoms with Crippen molar-refractivity contribution in [1.82, 2.24) is 0 Å². The zero-order valence-corrected chi connectivity index (χ0v) is 11.8. The van der Waals surface area contributed by atoms with Crippen molar-refractivity contribution in [1.29, 1.82) is 5.26 Å². The highest BCUT2D eigenvalue weighted by Crippen LogP contribution is 2.35. The molecule has 1 aromatic rings. The second-order valence-corrected chi connectivity index (χ2v) is 5.42. The molecule has 0 heterocycles. The first-order valence-corrected chi connectivity index (χ1v) is 7.07. The molecule has 0 bridgehead atoms. The second kappa shape index (κ2) is 5.75. The number of anilines is 1. The molecule has 90 valence electrons. The average Bonchev–Trinajstić information content (AvgIpc) is 3.15. The van der Waals surface area contributed by atoms with Gasteiger partial charge in [-0.3, -0.25) is 0 Å². The number of hydrogen-bond acceptors (Lipinski definition) is 2. The zero-order chi connectivity index (χ0) is 12.3. The highest BCUT2D eigenvalue weighted by molar-refractivity contribution is 9.10. The average molecular weight is 314 g/mol. The van der Waals surface area contributed by atoms with E-state index in [2.05, 4.69) is 39.0 Å². The van der Waals surface area contributed by atoms with E-state index in [4.69, 9.17) is 16.9 Å². The standard InChI is InChI=1S/C13H14BrClN2/c14-11-2-5-13(10(8-11)9-15)17(7-1-6-16)12-3-4-12/h2,5,8,12H,1,3-4,7,9H2. The van der Waals surface area contributed by atoms with Gasteiger partial charge in [-0.15, -0.1) is 11.6 Å². The van der Waals surface area contributed by atoms with Crippen LogP contribution in [0.25, 0.3) is 0 Å². The third kappa shape index (κ3) is 3.14. The smallest absolute Gasteiger partial charge is 0.0640 e. The Morgan fingerprint density at radius 2 is 2.24 bits per heavy atom. The first-order chi connectivity index (χ1) is 8.26. The molecule has 0 amide bonds. The minimum Gasteiger partial charge on any atom is -0.367 e. The maximum absolute atomic E-state index is 8.72. The van der Waals surface area contributed by atoms with Crippen molar-refractivity contribution in [2.45, 2.75) is 31.2 Å². The van der Waals surface area contributed by atoms with E-state index >= 15 is 0 Å². The first kappa shape index (κ1) is 12.7. The van der Waals surface area contributed by atoms with Gasteiger partial charge in [0.2, 0.25) is 0 Å². The summed E-state index contributed by atoms with van der Waals surface area (Å²) in [6.45, 7) is 0.798. The van der Waals surface area contributed by atoms with Crippen LogP contribution in [0.1, 0.15) is 24.8 Å². The molecule has 1 fully saturated rings. The minimum atomic E-state index is 0.505. The highest BCUT2D eigenvalue weighted by atomic mass is 79.9. The van der Waals surface area contributed by atoms with Crippen molar-refractivity contribution < 1.29 is 0 Å². The van der Waals surface area contributed by atoms with E-state index < -0.39 is 0 Å². The van der Waals surface area contributed by atoms with Crippen LogP contribution in [0.4, 0.5) is 5.69 Å². The number of halogens is 2. The predicted molar refractivity (Wildman–Crippen MR) is 74.3 cm³/mol. The molecular weight excluding hydrogens is 300 g/mol. The van der Waals surface area contributed by atoms with Crippen LogP contribution in [0.2, 0.25) is 0 Å². The van der Waals surface area contributed by atoms with Crippen LogP contribution < -0.4 is 4.90 Å². The molecule has 0 saturated heterocycles. The molecule has 2 rings (SSSR count). The summed E-state index contributed by atoms with van der Waals surface area (Å²) < 4.78 is 1.05. The fourth-order valence-electron chi connectivity index (χ4n) is 2.00. The van der Waals surface area contributed by atoms with E-state index in [1.165, 1.54) is 18.5 Å². The molecule has 0 spiro atoms. The molecule has 17 heavy (non-hydrogen) atoms. The number of benzene rings is 1. The van der Waals surface area contributed by atoms with Gasteiger partial charge in [-0.2, -0.15) is 5.26 Å². The van der Waals surface area contributed by atoms with Gasteiger partial charge in [0.25, 0.3) is 0 Å². The summed E-state index contributed by atoms with van der Waals surface area (Å²) in [6.07, 6.45) is 3.01. The summed E-state index contributed by atoms with van der Waals surface area (Å²) in [5.41, 5.74) is 2.31. The Morgan fingerprint density at radius 3 is 2.82 bits per heavy atom. The van der Waals surface area contributed by atoms with Crippen LogP contribution >= 0.6 is 27.5 Å². The SMILES string of the molecule is N#CCCN(c1ccc(Br)cc1CCl)C1CC1. The van der Waals surface area contributed by atoms with Crippen LogP contribution in [0.3, 0.4) is 0 Å². The molecule has 0 radical (unpaired) electrons. The van der Waals surface area contributed by atoms with Gasteiger partial charge in [0, 0.05) is 28.6 Å². The summed E-state index contributed by atoms with van der Waals surface area (Å²) in [6, 6.07) is 9.01. The third-order valence-electron chi connectivity index (χ3n) is 2.95. The first-order valence-electron chi connectivity index (χ1n) is 5.74. The fraction of sp³-hybridized carbons (Fsp3) is 0.462. The molecule has 4 heteroatoms. The number of rotatable bonds is 5. The van der Waals surface area contributed by atoms with E-state index in [-0.39, 0.29) is 0 Å². The zero-order valence-electron chi connectivity index (χ0n) is 9.50. The Bertz CT molecular complexity index is 438. The summed E-state index contributed by atoms with van der Waals surface area (Å²) in [4.78, 5) is 2.33. The van der Waals surface area contributed by atoms with E-state index in [0.29, 0.717) is 18.3 Å². The van der Waals surface area contributed by atoms with E-state index in [1.807, 2.05) is 6.07 Å². The minimum absolute atomic E-state index is 0.505. The lowest BCUT2D eigenvalue weighted by Crippen LogP contribution is -2.27. The van der Waals surface area contributed by atoms with Crippen LogP contribution in [-0.2, 0) is 5.88 Å². The van der Waals surface area contributed by atoms with Gasteiger partial charge in [0.15, 0.2) is 0 Å². The highest BCUT2D eigenvalue weighted by Gasteiger charge is 2.29. The van der Waals surface area contributed by atoms with E-state index in [0.717, 1.165) is 16.6 Å². The maximum Gasteiger partial charge on any atom is 0.0640 e. The number of hydrogen-bond donors (Lipinski definition) is 0. The number of nitrogens with zero attached hydrogens (tertiary/aromatic N) is 2. The summed E-state index contributed by atoms with van der Waals surface area (Å²) in [5, 5.41) is 8.72. The summed E-state index contributed by atoms with van der Waals surface area (Å²) >= 11 is 9.46. The Labute approximate surface area is 115 Å². The molecule has 1 aromatic carbocycles. The van der Waals surface area contributed by atoms with E-state index in [1.54, 1.807) is 0 Å². The van der Waals surface area contributed by atoms with Crippen LogP contribution in [0, 0.1) is 11.3 Å². The van der Waals surface area contributed by atoms with Crippen LogP contribution in [-0.4, -0.2) is 12.6 Å². The van der Waals surface area contributed by atoms with Crippen molar-refractivity contribution in [3.8, 4) is 6.07 Å². The van der Waals surface area contributed by atoms with Crippen molar-refractivity contribution >= 4 is 33.2 Å². The largest absolute Gasteiger partial charge is 0.367 e. The third-order valence-corrected chi connectivity index (χ3v) is 3.73. The number of nitriles is 1. The topological polar surface area (TPSA) is 27.0 Å². The van der Waals surface area contributed by atoms with Gasteiger partial charge in [-0.1, -0.05) is 15.9 Å². The quantitative estimate of drug-likeness (QED) is 0.766. The molecule has 1 aliphatic rings. The van der Waals surface area contributed by atoms with Gasteiger partial charge >= 0.3 is 0 Å².